The zero-order valence-electron chi connectivity index (χ0n) is 39.3. The van der Waals surface area contributed by atoms with Gasteiger partial charge in [0, 0.05) is 42.8 Å². The molecule has 4 heterocycles. The van der Waals surface area contributed by atoms with Crippen molar-refractivity contribution < 1.29 is 50.1 Å². The second-order valence-electron chi connectivity index (χ2n) is 15.9. The van der Waals surface area contributed by atoms with Gasteiger partial charge in [-0.15, -0.1) is 22.7 Å². The van der Waals surface area contributed by atoms with Gasteiger partial charge in [0.15, 0.2) is 0 Å². The third kappa shape index (κ3) is 17.9. The minimum absolute atomic E-state index is 0.155. The minimum Gasteiger partial charge on any atom is -0.488 e. The Morgan fingerprint density at radius 1 is 0.573 bits per heavy atom. The zero-order valence-corrected chi connectivity index (χ0v) is 42.5. The maximum absolute atomic E-state index is 12.9. The highest BCUT2D eigenvalue weighted by Crippen LogP contribution is 2.34. The number of alkyl halides is 6. The number of hydrogen-bond acceptors (Lipinski definition) is 12. The van der Waals surface area contributed by atoms with Crippen molar-refractivity contribution in [1.29, 1.82) is 10.5 Å². The van der Waals surface area contributed by atoms with Gasteiger partial charge >= 0.3 is 12.4 Å². The number of thiazole rings is 2. The minimum atomic E-state index is -4.51. The highest BCUT2D eigenvalue weighted by atomic mass is 35.5. The summed E-state index contributed by atoms with van der Waals surface area (Å²) in [6.45, 7) is 2.15. The molecule has 21 heteroatoms. The van der Waals surface area contributed by atoms with E-state index in [1.165, 1.54) is 53.1 Å². The molecule has 0 spiro atoms. The van der Waals surface area contributed by atoms with Gasteiger partial charge in [-0.05, 0) is 91.4 Å². The van der Waals surface area contributed by atoms with Crippen LogP contribution in [0.3, 0.4) is 0 Å². The number of benzene rings is 4. The van der Waals surface area contributed by atoms with E-state index in [0.29, 0.717) is 88.6 Å². The molecule has 8 aromatic rings. The number of aliphatic hydroxyl groups excluding tert-OH is 1. The molecule has 75 heavy (non-hydrogen) atoms. The van der Waals surface area contributed by atoms with Crippen molar-refractivity contribution in [2.75, 3.05) is 13.2 Å². The molecule has 4 aromatic carbocycles. The molecule has 0 bridgehead atoms. The summed E-state index contributed by atoms with van der Waals surface area (Å²) in [5.41, 5.74) is 3.45. The van der Waals surface area contributed by atoms with Crippen molar-refractivity contribution in [2.45, 2.75) is 64.5 Å². The Hall–Kier alpha value is -6.81. The van der Waals surface area contributed by atoms with Crippen molar-refractivity contribution in [2.24, 2.45) is 0 Å². The molecule has 388 valence electrons. The number of nitriles is 2. The predicted octanol–water partition coefficient (Wildman–Crippen LogP) is 14.7. The SMILES string of the molecule is N#Cc1ccc(F)cc1Cl.N#Cc1ccc(OCc2sc(-c3ccc(C(F)(F)F)nc3)nc2CCCOCc2ccccc2)cc1Cl.OCc1sc(-c2ccc(C(F)(F)F)nc2)nc1CCCOCc1ccccc1. The molecule has 0 radical (unpaired) electrons. The van der Waals surface area contributed by atoms with Gasteiger partial charge in [-0.1, -0.05) is 83.9 Å². The predicted molar refractivity (Wildman–Crippen MR) is 272 cm³/mol. The summed E-state index contributed by atoms with van der Waals surface area (Å²) in [5, 5.41) is 28.5. The lowest BCUT2D eigenvalue weighted by atomic mass is 10.2. The first-order valence-corrected chi connectivity index (χ1v) is 25.0. The standard InChI is InChI=1S/C27H21ClF3N3O2S.C20H19F3N2O2S.C7H3ClFN/c28-22-13-21(10-8-19(22)14-32)36-17-24-23(7-4-12-35-16-18-5-2-1-3-6-18)34-26(37-24)20-9-11-25(33-15-20)27(29,30)31;21-20(22,23)18-9-8-15(11-24-18)19-25-16(17(12-26)28-19)7-4-10-27-13-14-5-2-1-3-6-14;8-7-3-6(9)2-1-5(7)4-10/h1-3,5-6,8-11,13,15H,4,7,12,16-17H2;1-3,5-6,8-9,11,26H,4,7,10,12-13H2;1-3H. The van der Waals surface area contributed by atoms with E-state index in [0.717, 1.165) is 58.2 Å². The summed E-state index contributed by atoms with van der Waals surface area (Å²) in [5.74, 6) is 0.0660. The second-order valence-corrected chi connectivity index (χ2v) is 18.8. The van der Waals surface area contributed by atoms with E-state index in [9.17, 15) is 35.8 Å². The van der Waals surface area contributed by atoms with Gasteiger partial charge in [-0.25, -0.2) is 14.4 Å². The maximum Gasteiger partial charge on any atom is 0.433 e. The number of halogens is 9. The Balaban J connectivity index is 0.000000211. The quantitative estimate of drug-likeness (QED) is 0.0650. The summed E-state index contributed by atoms with van der Waals surface area (Å²) in [7, 11) is 0. The van der Waals surface area contributed by atoms with Crippen LogP contribution in [-0.4, -0.2) is 38.3 Å². The molecule has 4 aromatic heterocycles. The zero-order chi connectivity index (χ0) is 53.8. The number of aliphatic hydroxyl groups is 1. The summed E-state index contributed by atoms with van der Waals surface area (Å²) < 4.78 is 106. The molecule has 0 atom stereocenters. The summed E-state index contributed by atoms with van der Waals surface area (Å²) in [6, 6.07) is 36.6. The number of aromatic nitrogens is 4. The monoisotopic (exact) mass is 1110 g/mol. The topological polar surface area (TPSA) is 147 Å². The number of hydrogen-bond donors (Lipinski definition) is 1. The van der Waals surface area contributed by atoms with Crippen LogP contribution < -0.4 is 4.74 Å². The van der Waals surface area contributed by atoms with Gasteiger partial charge in [0.1, 0.15) is 51.7 Å². The summed E-state index contributed by atoms with van der Waals surface area (Å²) in [6.07, 6.45) is -3.97. The van der Waals surface area contributed by atoms with Gasteiger partial charge in [0.25, 0.3) is 0 Å². The van der Waals surface area contributed by atoms with Crippen LogP contribution in [0, 0.1) is 28.5 Å². The lowest BCUT2D eigenvalue weighted by Gasteiger charge is -2.08. The Labute approximate surface area is 445 Å². The van der Waals surface area contributed by atoms with E-state index >= 15 is 0 Å². The average Bonchev–Trinajstić information content (AvgIpc) is 4.02. The van der Waals surface area contributed by atoms with Crippen molar-refractivity contribution in [3.8, 4) is 39.0 Å². The smallest absolute Gasteiger partial charge is 0.433 e. The van der Waals surface area contributed by atoms with Crippen LogP contribution in [0.4, 0.5) is 30.7 Å². The average molecular weight is 1110 g/mol. The number of ether oxygens (including phenoxy) is 3. The molecule has 0 fully saturated rings. The molecule has 0 amide bonds. The van der Waals surface area contributed by atoms with E-state index in [-0.39, 0.29) is 23.3 Å². The van der Waals surface area contributed by atoms with Crippen molar-refractivity contribution in [3.63, 3.8) is 0 Å². The first-order valence-electron chi connectivity index (χ1n) is 22.6. The van der Waals surface area contributed by atoms with Crippen LogP contribution in [0.1, 0.15) is 67.6 Å². The largest absolute Gasteiger partial charge is 0.488 e. The highest BCUT2D eigenvalue weighted by Gasteiger charge is 2.33. The van der Waals surface area contributed by atoms with Crippen LogP contribution in [0.2, 0.25) is 10.0 Å². The number of nitrogens with zero attached hydrogens (tertiary/aromatic N) is 6. The third-order valence-electron chi connectivity index (χ3n) is 10.4. The van der Waals surface area contributed by atoms with Gasteiger partial charge in [0.2, 0.25) is 0 Å². The molecule has 0 aliphatic rings. The van der Waals surface area contributed by atoms with Gasteiger partial charge in [0.05, 0.1) is 62.1 Å². The van der Waals surface area contributed by atoms with Gasteiger partial charge in [-0.3, -0.25) is 9.97 Å². The van der Waals surface area contributed by atoms with E-state index in [1.54, 1.807) is 18.2 Å². The summed E-state index contributed by atoms with van der Waals surface area (Å²) in [4.78, 5) is 17.7. The number of pyridine rings is 2. The van der Waals surface area contributed by atoms with Gasteiger partial charge in [-0.2, -0.15) is 36.9 Å². The maximum atomic E-state index is 12.9. The Morgan fingerprint density at radius 2 is 1.04 bits per heavy atom. The van der Waals surface area contributed by atoms with Crippen molar-refractivity contribution in [1.82, 2.24) is 19.9 Å². The van der Waals surface area contributed by atoms with Crippen LogP contribution in [-0.2, 0) is 61.1 Å². The fourth-order valence-corrected chi connectivity index (χ4v) is 9.03. The summed E-state index contributed by atoms with van der Waals surface area (Å²) >= 11 is 14.2. The molecular formula is C54H43Cl2F7N6O4S2. The van der Waals surface area contributed by atoms with E-state index in [1.807, 2.05) is 72.8 Å². The van der Waals surface area contributed by atoms with Crippen LogP contribution in [0.15, 0.2) is 134 Å². The van der Waals surface area contributed by atoms with Crippen molar-refractivity contribution in [3.05, 3.63) is 204 Å². The molecule has 1 N–H and O–H groups in total. The third-order valence-corrected chi connectivity index (χ3v) is 13.3. The molecule has 8 rings (SSSR count). The molecule has 0 saturated heterocycles. The Bertz CT molecular complexity index is 3150. The fraction of sp³-hybridized carbons (Fsp3) is 0.222. The van der Waals surface area contributed by atoms with Crippen LogP contribution in [0.5, 0.6) is 5.75 Å². The molecule has 0 saturated carbocycles. The normalized spacial score (nSPS) is 11.1. The highest BCUT2D eigenvalue weighted by molar-refractivity contribution is 7.15. The lowest BCUT2D eigenvalue weighted by molar-refractivity contribution is -0.141. The van der Waals surface area contributed by atoms with Crippen LogP contribution >= 0.6 is 45.9 Å². The first kappa shape index (κ1) is 57.5. The first-order chi connectivity index (χ1) is 36.0. The molecule has 0 aliphatic heterocycles. The molecular weight excluding hydrogens is 1060 g/mol. The molecule has 0 aliphatic carbocycles. The fourth-order valence-electron chi connectivity index (χ4n) is 6.63. The van der Waals surface area contributed by atoms with Crippen LogP contribution in [0.25, 0.3) is 21.1 Å². The second kappa shape index (κ2) is 28.2. The lowest BCUT2D eigenvalue weighted by Crippen LogP contribution is -2.07. The van der Waals surface area contributed by atoms with E-state index in [2.05, 4.69) is 19.9 Å². The van der Waals surface area contributed by atoms with Gasteiger partial charge < -0.3 is 19.3 Å². The molecule has 0 unspecified atom stereocenters. The van der Waals surface area contributed by atoms with Crippen molar-refractivity contribution >= 4 is 45.9 Å². The number of rotatable bonds is 18. The van der Waals surface area contributed by atoms with E-state index in [4.69, 9.17) is 47.9 Å². The van der Waals surface area contributed by atoms with E-state index < -0.39 is 29.6 Å². The molecule has 10 nitrogen and oxygen atoms in total. The number of aryl methyl sites for hydroxylation is 2. The Kier molecular flexibility index (Phi) is 21.6. The Morgan fingerprint density at radius 3 is 1.47 bits per heavy atom.